The van der Waals surface area contributed by atoms with Crippen molar-refractivity contribution in [1.29, 1.82) is 0 Å². The van der Waals surface area contributed by atoms with E-state index in [1.807, 2.05) is 6.07 Å². The minimum atomic E-state index is -0.471. The number of hydrogen-bond acceptors (Lipinski definition) is 3. The van der Waals surface area contributed by atoms with Gasteiger partial charge in [-0.05, 0) is 12.1 Å². The van der Waals surface area contributed by atoms with Crippen LogP contribution in [0.4, 0.5) is 0 Å². The molecular weight excluding hydrogens is 188 g/mol. The molecule has 1 heterocycles. The van der Waals surface area contributed by atoms with Crippen molar-refractivity contribution in [2.45, 2.75) is 6.10 Å². The number of rotatable bonds is 2. The molecule has 0 radical (unpaired) electrons. The lowest BCUT2D eigenvalue weighted by molar-refractivity contribution is 0.208. The quantitative estimate of drug-likeness (QED) is 0.693. The molecule has 1 rings (SSSR count). The van der Waals surface area contributed by atoms with Crippen molar-refractivity contribution in [3.8, 4) is 0 Å². The summed E-state index contributed by atoms with van der Waals surface area (Å²) in [4.78, 5) is 0.875. The summed E-state index contributed by atoms with van der Waals surface area (Å²) in [5, 5.41) is 9.22. The van der Waals surface area contributed by atoms with Crippen molar-refractivity contribution in [3.63, 3.8) is 0 Å². The third-order valence-corrected chi connectivity index (χ3v) is 2.77. The molecule has 10 heavy (non-hydrogen) atoms. The highest BCUT2D eigenvalue weighted by Crippen LogP contribution is 2.26. The number of aliphatic hydroxyl groups excluding tert-OH is 1. The van der Waals surface area contributed by atoms with Crippen LogP contribution in [0.25, 0.3) is 0 Å². The summed E-state index contributed by atoms with van der Waals surface area (Å²) in [5.74, 6) is 0.441. The first kappa shape index (κ1) is 8.40. The summed E-state index contributed by atoms with van der Waals surface area (Å²) in [6, 6.07) is 3.59. The van der Waals surface area contributed by atoms with Gasteiger partial charge in [-0.2, -0.15) is 12.6 Å². The van der Waals surface area contributed by atoms with Gasteiger partial charge in [-0.3, -0.25) is 0 Å². The van der Waals surface area contributed by atoms with Gasteiger partial charge in [0, 0.05) is 10.6 Å². The number of thiophene rings is 1. The Bertz CT molecular complexity index is 211. The molecule has 1 N–H and O–H groups in total. The average molecular weight is 195 g/mol. The van der Waals surface area contributed by atoms with Crippen LogP contribution < -0.4 is 0 Å². The molecule has 0 spiro atoms. The third-order valence-electron chi connectivity index (χ3n) is 1.10. The molecule has 0 amide bonds. The second kappa shape index (κ2) is 3.62. The van der Waals surface area contributed by atoms with Gasteiger partial charge in [0.2, 0.25) is 0 Å². The Hall–Kier alpha value is 0.300. The second-order valence-electron chi connectivity index (χ2n) is 1.84. The molecule has 4 heteroatoms. The van der Waals surface area contributed by atoms with E-state index in [1.54, 1.807) is 6.07 Å². The average Bonchev–Trinajstić information content (AvgIpc) is 2.34. The van der Waals surface area contributed by atoms with Gasteiger partial charge in [0.05, 0.1) is 10.4 Å². The van der Waals surface area contributed by atoms with Gasteiger partial charge in [-0.15, -0.1) is 11.3 Å². The van der Waals surface area contributed by atoms with Gasteiger partial charge < -0.3 is 5.11 Å². The van der Waals surface area contributed by atoms with Crippen LogP contribution in [-0.2, 0) is 0 Å². The lowest BCUT2D eigenvalue weighted by atomic mass is 10.3. The van der Waals surface area contributed by atoms with E-state index < -0.39 is 6.10 Å². The first-order valence-corrected chi connectivity index (χ1v) is 4.61. The predicted octanol–water partition coefficient (Wildman–Crippen LogP) is 2.36. The summed E-state index contributed by atoms with van der Waals surface area (Å²) in [7, 11) is 0. The fourth-order valence-corrected chi connectivity index (χ4v) is 1.96. The summed E-state index contributed by atoms with van der Waals surface area (Å²) in [6.45, 7) is 0. The van der Waals surface area contributed by atoms with Gasteiger partial charge in [-0.1, -0.05) is 11.6 Å². The van der Waals surface area contributed by atoms with Crippen molar-refractivity contribution in [1.82, 2.24) is 0 Å². The van der Waals surface area contributed by atoms with Crippen LogP contribution in [0.3, 0.4) is 0 Å². The smallest absolute Gasteiger partial charge is 0.0970 e. The molecule has 0 saturated heterocycles. The fraction of sp³-hybridized carbons (Fsp3) is 0.333. The zero-order chi connectivity index (χ0) is 7.56. The van der Waals surface area contributed by atoms with Crippen LogP contribution in [0, 0.1) is 0 Å². The molecule has 56 valence electrons. The van der Waals surface area contributed by atoms with E-state index in [0.29, 0.717) is 10.1 Å². The standard InChI is InChI=1S/C6H7ClOS2/c7-6-2-1-5(10-6)4(8)3-9/h1-2,4,8-9H,3H2. The van der Waals surface area contributed by atoms with E-state index in [4.69, 9.17) is 11.6 Å². The molecule has 1 unspecified atom stereocenters. The van der Waals surface area contributed by atoms with E-state index in [-0.39, 0.29) is 0 Å². The van der Waals surface area contributed by atoms with Crippen molar-refractivity contribution >= 4 is 35.6 Å². The van der Waals surface area contributed by atoms with Crippen LogP contribution in [0.15, 0.2) is 12.1 Å². The van der Waals surface area contributed by atoms with Gasteiger partial charge in [0.15, 0.2) is 0 Å². The maximum absolute atomic E-state index is 9.22. The zero-order valence-corrected chi connectivity index (χ0v) is 7.59. The molecule has 0 bridgehead atoms. The van der Waals surface area contributed by atoms with Gasteiger partial charge >= 0.3 is 0 Å². The molecule has 1 atom stereocenters. The Balaban J connectivity index is 2.74. The molecule has 0 aliphatic rings. The lowest BCUT2D eigenvalue weighted by Gasteiger charge is -2.00. The molecule has 0 saturated carbocycles. The molecule has 1 nitrogen and oxygen atoms in total. The number of thiol groups is 1. The maximum atomic E-state index is 9.22. The SMILES string of the molecule is OC(CS)c1ccc(Cl)s1. The molecule has 0 fully saturated rings. The van der Waals surface area contributed by atoms with E-state index in [9.17, 15) is 5.11 Å². The summed E-state index contributed by atoms with van der Waals surface area (Å²) < 4.78 is 0.704. The van der Waals surface area contributed by atoms with Gasteiger partial charge in [0.25, 0.3) is 0 Å². The molecule has 0 aliphatic heterocycles. The highest BCUT2D eigenvalue weighted by Gasteiger charge is 2.06. The highest BCUT2D eigenvalue weighted by molar-refractivity contribution is 7.80. The first-order valence-electron chi connectivity index (χ1n) is 2.78. The maximum Gasteiger partial charge on any atom is 0.0970 e. The molecule has 1 aromatic heterocycles. The number of aliphatic hydroxyl groups is 1. The van der Waals surface area contributed by atoms with Crippen LogP contribution in [0.5, 0.6) is 0 Å². The van der Waals surface area contributed by atoms with Crippen molar-refractivity contribution < 1.29 is 5.11 Å². The molecule has 1 aromatic rings. The number of halogens is 1. The van der Waals surface area contributed by atoms with Crippen LogP contribution in [0.1, 0.15) is 11.0 Å². The largest absolute Gasteiger partial charge is 0.387 e. The Morgan fingerprint density at radius 2 is 2.40 bits per heavy atom. The van der Waals surface area contributed by atoms with Crippen molar-refractivity contribution in [3.05, 3.63) is 21.3 Å². The normalized spacial score (nSPS) is 13.5. The molecule has 0 aliphatic carbocycles. The van der Waals surface area contributed by atoms with Gasteiger partial charge in [-0.25, -0.2) is 0 Å². The van der Waals surface area contributed by atoms with E-state index in [2.05, 4.69) is 12.6 Å². The highest BCUT2D eigenvalue weighted by atomic mass is 35.5. The molecule has 0 aromatic carbocycles. The first-order chi connectivity index (χ1) is 4.74. The topological polar surface area (TPSA) is 20.2 Å². The Morgan fingerprint density at radius 3 is 2.80 bits per heavy atom. The summed E-state index contributed by atoms with van der Waals surface area (Å²) >= 11 is 11.0. The van der Waals surface area contributed by atoms with Crippen molar-refractivity contribution in [2.24, 2.45) is 0 Å². The Morgan fingerprint density at radius 1 is 1.70 bits per heavy atom. The summed E-state index contributed by atoms with van der Waals surface area (Å²) in [6.07, 6.45) is -0.471. The fourth-order valence-electron chi connectivity index (χ4n) is 0.597. The minimum Gasteiger partial charge on any atom is -0.387 e. The van der Waals surface area contributed by atoms with Crippen LogP contribution in [0.2, 0.25) is 4.34 Å². The number of hydrogen-bond donors (Lipinski definition) is 2. The summed E-state index contributed by atoms with van der Waals surface area (Å²) in [5.41, 5.74) is 0. The molecular formula is C6H7ClOS2. The minimum absolute atomic E-state index is 0.441. The van der Waals surface area contributed by atoms with E-state index in [0.717, 1.165) is 4.88 Å². The van der Waals surface area contributed by atoms with Crippen molar-refractivity contribution in [2.75, 3.05) is 5.75 Å². The van der Waals surface area contributed by atoms with E-state index >= 15 is 0 Å². The van der Waals surface area contributed by atoms with E-state index in [1.165, 1.54) is 11.3 Å². The Kier molecular flexibility index (Phi) is 3.04. The van der Waals surface area contributed by atoms with Crippen LogP contribution >= 0.6 is 35.6 Å². The lowest BCUT2D eigenvalue weighted by Crippen LogP contribution is -1.93. The third kappa shape index (κ3) is 1.89. The van der Waals surface area contributed by atoms with Crippen LogP contribution in [-0.4, -0.2) is 10.9 Å². The second-order valence-corrected chi connectivity index (χ2v) is 3.95. The predicted molar refractivity (Wildman–Crippen MR) is 48.1 cm³/mol. The van der Waals surface area contributed by atoms with Gasteiger partial charge in [0.1, 0.15) is 0 Å². The monoisotopic (exact) mass is 194 g/mol. The zero-order valence-electron chi connectivity index (χ0n) is 5.12. The Labute approximate surface area is 74.1 Å².